The van der Waals surface area contributed by atoms with Crippen molar-refractivity contribution < 1.29 is 34.0 Å². The topological polar surface area (TPSA) is 36.9 Å². The van der Waals surface area contributed by atoms with Gasteiger partial charge < -0.3 is 16.5 Å². The molecule has 0 spiro atoms. The van der Waals surface area contributed by atoms with Crippen molar-refractivity contribution in [3.05, 3.63) is 50.6 Å². The van der Waals surface area contributed by atoms with Crippen molar-refractivity contribution in [1.82, 2.24) is 0 Å². The molecule has 160 valence electrons. The van der Waals surface area contributed by atoms with Crippen LogP contribution in [0, 0.1) is 0 Å². The maximum Gasteiger partial charge on any atom is 0.399 e. The molecule has 0 radical (unpaired) electrons. The van der Waals surface area contributed by atoms with Gasteiger partial charge in [-0.2, -0.15) is 0 Å². The molecule has 4 nitrogen and oxygen atoms in total. The molecule has 0 N–H and O–H groups in total. The van der Waals surface area contributed by atoms with E-state index in [9.17, 15) is 0 Å². The highest BCUT2D eigenvalue weighted by atomic mass is 28.5. The van der Waals surface area contributed by atoms with Crippen LogP contribution in [0.2, 0.25) is 26.2 Å². The second kappa shape index (κ2) is 9.03. The summed E-state index contributed by atoms with van der Waals surface area (Å²) >= 11 is 0. The molecule has 28 heavy (non-hydrogen) atoms. The van der Waals surface area contributed by atoms with Crippen LogP contribution in [0.4, 0.5) is 17.6 Å². The minimum atomic E-state index is -4.71. The van der Waals surface area contributed by atoms with E-state index in [1.165, 1.54) is 0 Å². The van der Waals surface area contributed by atoms with E-state index in [0.29, 0.717) is 0 Å². The monoisotopic (exact) mass is 472 g/mol. The van der Waals surface area contributed by atoms with E-state index in [4.69, 9.17) is 16.5 Å². The summed E-state index contributed by atoms with van der Waals surface area (Å²) < 4.78 is 83.9. The SMILES string of the molecule is C=CC(F)[Si]1(C(F)C=C)O[Si](C)(C)O[Si](C)(C)O[Si](C(F)C=C)(C(F)C=C)O1. The molecule has 0 saturated carbocycles. The summed E-state index contributed by atoms with van der Waals surface area (Å²) in [7, 11) is -15.9. The molecule has 0 aromatic rings. The van der Waals surface area contributed by atoms with E-state index in [-0.39, 0.29) is 0 Å². The lowest BCUT2D eigenvalue weighted by Gasteiger charge is -2.51. The maximum atomic E-state index is 15.1. The van der Waals surface area contributed by atoms with E-state index in [2.05, 4.69) is 26.3 Å². The molecule has 0 aromatic heterocycles. The molecule has 1 aliphatic heterocycles. The van der Waals surface area contributed by atoms with Gasteiger partial charge in [0.15, 0.2) is 23.2 Å². The molecule has 0 amide bonds. The lowest BCUT2D eigenvalue weighted by molar-refractivity contribution is 0.156. The first-order chi connectivity index (χ1) is 12.8. The Morgan fingerprint density at radius 2 is 0.786 bits per heavy atom. The average molecular weight is 473 g/mol. The summed E-state index contributed by atoms with van der Waals surface area (Å²) in [5, 5.41) is 0. The smallest absolute Gasteiger partial charge is 0.399 e. The molecule has 0 aliphatic carbocycles. The number of hydrogen-bond donors (Lipinski definition) is 0. The molecule has 0 aromatic carbocycles. The van der Waals surface area contributed by atoms with E-state index < -0.39 is 57.4 Å². The summed E-state index contributed by atoms with van der Waals surface area (Å²) in [6.07, 6.45) is 3.16. The molecule has 12 heteroatoms. The van der Waals surface area contributed by atoms with Gasteiger partial charge in [0.1, 0.15) is 0 Å². The Morgan fingerprint density at radius 3 is 1.00 bits per heavy atom. The van der Waals surface area contributed by atoms with Crippen molar-refractivity contribution in [3.8, 4) is 0 Å². The normalized spacial score (nSPS) is 34.0. The Kier molecular flexibility index (Phi) is 8.20. The molecule has 4 unspecified atom stereocenters. The first kappa shape index (κ1) is 25.4. The van der Waals surface area contributed by atoms with Gasteiger partial charge in [0.05, 0.1) is 0 Å². The highest BCUT2D eigenvalue weighted by Gasteiger charge is 2.68. The molecule has 1 heterocycles. The van der Waals surface area contributed by atoms with Crippen molar-refractivity contribution in [1.29, 1.82) is 0 Å². The number of allylic oxidation sites excluding steroid dienone is 4. The van der Waals surface area contributed by atoms with Crippen LogP contribution in [-0.4, -0.2) is 57.4 Å². The lowest BCUT2D eigenvalue weighted by atomic mass is 10.7. The zero-order chi connectivity index (χ0) is 22.0. The zero-order valence-electron chi connectivity index (χ0n) is 16.6. The summed E-state index contributed by atoms with van der Waals surface area (Å²) in [6.45, 7) is 19.6. The summed E-state index contributed by atoms with van der Waals surface area (Å²) in [6, 6.07) is 0. The van der Waals surface area contributed by atoms with Crippen LogP contribution in [0.15, 0.2) is 50.6 Å². The third-order valence-corrected chi connectivity index (χ3v) is 21.0. The van der Waals surface area contributed by atoms with Crippen LogP contribution in [0.3, 0.4) is 0 Å². The third-order valence-electron chi connectivity index (χ3n) is 3.99. The largest absolute Gasteiger partial charge is 0.416 e. The summed E-state index contributed by atoms with van der Waals surface area (Å²) in [5.74, 6) is -8.65. The van der Waals surface area contributed by atoms with E-state index in [0.717, 1.165) is 24.3 Å². The highest BCUT2D eigenvalue weighted by Crippen LogP contribution is 2.40. The molecule has 1 aliphatic rings. The van der Waals surface area contributed by atoms with Crippen LogP contribution in [0.5, 0.6) is 0 Å². The minimum Gasteiger partial charge on any atom is -0.416 e. The predicted octanol–water partition coefficient (Wildman–Crippen LogP) is 4.61. The van der Waals surface area contributed by atoms with Gasteiger partial charge in [-0.05, 0) is 26.2 Å². The van der Waals surface area contributed by atoms with Crippen molar-refractivity contribution in [2.45, 2.75) is 49.4 Å². The first-order valence-electron chi connectivity index (χ1n) is 8.63. The van der Waals surface area contributed by atoms with Gasteiger partial charge in [-0.15, -0.1) is 26.3 Å². The van der Waals surface area contributed by atoms with Gasteiger partial charge in [-0.1, -0.05) is 24.3 Å². The molecular weight excluding hydrogens is 445 g/mol. The molecule has 1 fully saturated rings. The Hall–Kier alpha value is -0.612. The van der Waals surface area contributed by atoms with E-state index in [1.807, 2.05) is 0 Å². The Morgan fingerprint density at radius 1 is 0.536 bits per heavy atom. The molecule has 0 bridgehead atoms. The quantitative estimate of drug-likeness (QED) is 0.294. The minimum absolute atomic E-state index is 0.790. The van der Waals surface area contributed by atoms with Crippen molar-refractivity contribution in [2.24, 2.45) is 0 Å². The fourth-order valence-electron chi connectivity index (χ4n) is 3.10. The van der Waals surface area contributed by atoms with Gasteiger partial charge in [0.25, 0.3) is 0 Å². The van der Waals surface area contributed by atoms with Gasteiger partial charge in [-0.3, -0.25) is 0 Å². The van der Waals surface area contributed by atoms with Gasteiger partial charge >= 0.3 is 34.2 Å². The molecule has 4 atom stereocenters. The Labute approximate surface area is 168 Å². The predicted molar refractivity (Wildman–Crippen MR) is 111 cm³/mol. The number of hydrogen-bond acceptors (Lipinski definition) is 4. The number of halogens is 4. The van der Waals surface area contributed by atoms with Crippen LogP contribution in [-0.2, 0) is 16.5 Å². The van der Waals surface area contributed by atoms with E-state index >= 15 is 17.6 Å². The van der Waals surface area contributed by atoms with E-state index in [1.54, 1.807) is 26.2 Å². The van der Waals surface area contributed by atoms with Crippen LogP contribution in [0.1, 0.15) is 0 Å². The second-order valence-corrected chi connectivity index (χ2v) is 21.2. The summed E-state index contributed by atoms with van der Waals surface area (Å²) in [4.78, 5) is 0. The summed E-state index contributed by atoms with van der Waals surface area (Å²) in [5.41, 5.74) is 0. The number of rotatable bonds is 8. The Balaban J connectivity index is 3.85. The van der Waals surface area contributed by atoms with Crippen molar-refractivity contribution >= 4 is 34.2 Å². The first-order valence-corrected chi connectivity index (χ1v) is 18.2. The zero-order valence-corrected chi connectivity index (χ0v) is 20.6. The molecule has 1 saturated heterocycles. The van der Waals surface area contributed by atoms with Crippen molar-refractivity contribution in [3.63, 3.8) is 0 Å². The lowest BCUT2D eigenvalue weighted by Crippen LogP contribution is -2.77. The van der Waals surface area contributed by atoms with Crippen LogP contribution >= 0.6 is 0 Å². The molecular formula is C16H28F4O4Si4. The average Bonchev–Trinajstić information content (AvgIpc) is 2.61. The van der Waals surface area contributed by atoms with Crippen LogP contribution < -0.4 is 0 Å². The Bertz CT molecular complexity index is 541. The van der Waals surface area contributed by atoms with Crippen molar-refractivity contribution in [2.75, 3.05) is 0 Å². The second-order valence-electron chi connectivity index (χ2n) is 7.20. The van der Waals surface area contributed by atoms with Gasteiger partial charge in [-0.25, -0.2) is 17.6 Å². The fraction of sp³-hybridized carbons (Fsp3) is 0.500. The standard InChI is InChI=1S/C16H28F4O4Si4/c1-9-13(17)27(14(18)10-2)22-25(5,6)21-26(7,8)23-28(24-27,15(19)11-3)16(20)12-4/h9-16H,1-4H2,5-8H3. The van der Waals surface area contributed by atoms with Gasteiger partial charge in [0, 0.05) is 0 Å². The fourth-order valence-corrected chi connectivity index (χ4v) is 23.7. The van der Waals surface area contributed by atoms with Gasteiger partial charge in [0.2, 0.25) is 0 Å². The highest BCUT2D eigenvalue weighted by molar-refractivity contribution is 6.95. The van der Waals surface area contributed by atoms with Crippen LogP contribution in [0.25, 0.3) is 0 Å². The maximum absolute atomic E-state index is 15.1. The third kappa shape index (κ3) is 4.92. The molecule has 1 rings (SSSR count). The number of alkyl halides is 4.